The average Bonchev–Trinajstić information content (AvgIpc) is 3.28. The van der Waals surface area contributed by atoms with Gasteiger partial charge in [0.2, 0.25) is 0 Å². The van der Waals surface area contributed by atoms with Crippen molar-refractivity contribution in [3.05, 3.63) is 82.0 Å². The highest BCUT2D eigenvalue weighted by Gasteiger charge is 2.33. The van der Waals surface area contributed by atoms with Crippen molar-refractivity contribution in [3.8, 4) is 11.1 Å². The minimum absolute atomic E-state index is 0.427. The standard InChI is InChI=1S/C22H22N2S/c1-3-9-20-18(7-1)19-8-2-4-10-21(19)22(20)24-13-11-23(12-14-24)16-17-6-5-15-25-17/h1-10,15,22H,11-14,16H2. The highest BCUT2D eigenvalue weighted by molar-refractivity contribution is 7.09. The molecule has 2 aromatic carbocycles. The summed E-state index contributed by atoms with van der Waals surface area (Å²) in [5.41, 5.74) is 5.80. The van der Waals surface area contributed by atoms with E-state index in [-0.39, 0.29) is 0 Å². The molecule has 1 saturated heterocycles. The average molecular weight is 346 g/mol. The summed E-state index contributed by atoms with van der Waals surface area (Å²) in [6, 6.07) is 22.7. The van der Waals surface area contributed by atoms with Gasteiger partial charge < -0.3 is 0 Å². The van der Waals surface area contributed by atoms with Crippen molar-refractivity contribution in [1.29, 1.82) is 0 Å². The van der Waals surface area contributed by atoms with Crippen molar-refractivity contribution in [2.45, 2.75) is 12.6 Å². The topological polar surface area (TPSA) is 6.48 Å². The van der Waals surface area contributed by atoms with Crippen LogP contribution in [0.5, 0.6) is 0 Å². The summed E-state index contributed by atoms with van der Waals surface area (Å²) in [5, 5.41) is 2.18. The van der Waals surface area contributed by atoms with E-state index in [0.717, 1.165) is 32.7 Å². The van der Waals surface area contributed by atoms with Crippen molar-refractivity contribution in [2.75, 3.05) is 26.2 Å². The molecule has 5 rings (SSSR count). The summed E-state index contributed by atoms with van der Waals surface area (Å²) in [7, 11) is 0. The molecule has 0 bridgehead atoms. The van der Waals surface area contributed by atoms with Gasteiger partial charge in [0.1, 0.15) is 0 Å². The lowest BCUT2D eigenvalue weighted by atomic mass is 10.0. The van der Waals surface area contributed by atoms with Crippen LogP contribution in [0.25, 0.3) is 11.1 Å². The second-order valence-corrected chi connectivity index (χ2v) is 8.00. The number of thiophene rings is 1. The van der Waals surface area contributed by atoms with Crippen LogP contribution in [0, 0.1) is 0 Å². The van der Waals surface area contributed by atoms with E-state index in [1.54, 1.807) is 0 Å². The summed E-state index contributed by atoms with van der Waals surface area (Å²) < 4.78 is 0. The molecule has 0 amide bonds. The Balaban J connectivity index is 1.38. The Morgan fingerprint density at radius 2 is 1.40 bits per heavy atom. The Kier molecular flexibility index (Phi) is 3.93. The third-order valence-electron chi connectivity index (χ3n) is 5.53. The second kappa shape index (κ2) is 6.41. The molecule has 0 saturated carbocycles. The van der Waals surface area contributed by atoms with Gasteiger partial charge in [-0.25, -0.2) is 0 Å². The van der Waals surface area contributed by atoms with E-state index in [0.29, 0.717) is 6.04 Å². The lowest BCUT2D eigenvalue weighted by Gasteiger charge is -2.38. The molecular formula is C22H22N2S. The summed E-state index contributed by atoms with van der Waals surface area (Å²) in [4.78, 5) is 6.75. The van der Waals surface area contributed by atoms with Gasteiger partial charge in [0.25, 0.3) is 0 Å². The Hall–Kier alpha value is -1.94. The van der Waals surface area contributed by atoms with Crippen LogP contribution in [0.15, 0.2) is 66.0 Å². The molecule has 3 heteroatoms. The van der Waals surface area contributed by atoms with Crippen LogP contribution < -0.4 is 0 Å². The molecule has 1 aliphatic carbocycles. The minimum Gasteiger partial charge on any atom is -0.296 e. The van der Waals surface area contributed by atoms with Gasteiger partial charge >= 0.3 is 0 Å². The van der Waals surface area contributed by atoms with Crippen LogP contribution in [0.1, 0.15) is 22.0 Å². The van der Waals surface area contributed by atoms with Gasteiger partial charge in [-0.15, -0.1) is 11.3 Å². The Morgan fingerprint density at radius 3 is 2.00 bits per heavy atom. The van der Waals surface area contributed by atoms with Crippen molar-refractivity contribution in [1.82, 2.24) is 9.80 Å². The number of nitrogens with zero attached hydrogens (tertiary/aromatic N) is 2. The van der Waals surface area contributed by atoms with Crippen LogP contribution in [0.4, 0.5) is 0 Å². The predicted molar refractivity (Wildman–Crippen MR) is 105 cm³/mol. The summed E-state index contributed by atoms with van der Waals surface area (Å²) in [6.07, 6.45) is 0. The maximum absolute atomic E-state index is 2.68. The van der Waals surface area contributed by atoms with E-state index in [1.807, 2.05) is 11.3 Å². The van der Waals surface area contributed by atoms with E-state index >= 15 is 0 Å². The van der Waals surface area contributed by atoms with E-state index in [2.05, 4.69) is 75.8 Å². The molecule has 1 aromatic heterocycles. The number of benzene rings is 2. The fraction of sp³-hybridized carbons (Fsp3) is 0.273. The lowest BCUT2D eigenvalue weighted by molar-refractivity contribution is 0.107. The highest BCUT2D eigenvalue weighted by Crippen LogP contribution is 2.46. The molecule has 0 radical (unpaired) electrons. The molecule has 0 atom stereocenters. The van der Waals surface area contributed by atoms with Gasteiger partial charge in [0.15, 0.2) is 0 Å². The molecule has 2 aliphatic rings. The molecule has 126 valence electrons. The summed E-state index contributed by atoms with van der Waals surface area (Å²) in [5.74, 6) is 0. The lowest BCUT2D eigenvalue weighted by Crippen LogP contribution is -2.47. The summed E-state index contributed by atoms with van der Waals surface area (Å²) >= 11 is 1.87. The third-order valence-corrected chi connectivity index (χ3v) is 6.39. The fourth-order valence-electron chi connectivity index (χ4n) is 4.32. The van der Waals surface area contributed by atoms with Crippen LogP contribution in [0.3, 0.4) is 0 Å². The van der Waals surface area contributed by atoms with Gasteiger partial charge in [-0.3, -0.25) is 9.80 Å². The Bertz CT molecular complexity index is 818. The highest BCUT2D eigenvalue weighted by atomic mass is 32.1. The van der Waals surface area contributed by atoms with Crippen molar-refractivity contribution >= 4 is 11.3 Å². The number of hydrogen-bond acceptors (Lipinski definition) is 3. The first-order chi connectivity index (χ1) is 12.4. The number of rotatable bonds is 3. The Morgan fingerprint density at radius 1 is 0.760 bits per heavy atom. The van der Waals surface area contributed by atoms with Crippen LogP contribution >= 0.6 is 11.3 Å². The zero-order valence-corrected chi connectivity index (χ0v) is 15.1. The first-order valence-electron chi connectivity index (χ1n) is 9.07. The second-order valence-electron chi connectivity index (χ2n) is 6.97. The first-order valence-corrected chi connectivity index (χ1v) is 9.95. The van der Waals surface area contributed by atoms with E-state index in [1.165, 1.54) is 27.1 Å². The van der Waals surface area contributed by atoms with Gasteiger partial charge in [-0.05, 0) is 33.7 Å². The number of hydrogen-bond donors (Lipinski definition) is 0. The number of fused-ring (bicyclic) bond motifs is 3. The molecule has 0 N–H and O–H groups in total. The van der Waals surface area contributed by atoms with Gasteiger partial charge in [0, 0.05) is 37.6 Å². The first kappa shape index (κ1) is 15.3. The zero-order valence-electron chi connectivity index (χ0n) is 14.3. The van der Waals surface area contributed by atoms with E-state index < -0.39 is 0 Å². The molecule has 1 aliphatic heterocycles. The molecule has 2 nitrogen and oxygen atoms in total. The Labute approximate surface area is 153 Å². The zero-order chi connectivity index (χ0) is 16.6. The third kappa shape index (κ3) is 2.73. The van der Waals surface area contributed by atoms with Crippen LogP contribution in [0.2, 0.25) is 0 Å². The van der Waals surface area contributed by atoms with Crippen molar-refractivity contribution in [2.24, 2.45) is 0 Å². The van der Waals surface area contributed by atoms with Gasteiger partial charge in [0.05, 0.1) is 6.04 Å². The number of piperazine rings is 1. The van der Waals surface area contributed by atoms with Gasteiger partial charge in [-0.2, -0.15) is 0 Å². The summed E-state index contributed by atoms with van der Waals surface area (Å²) in [6.45, 7) is 5.68. The quantitative estimate of drug-likeness (QED) is 0.682. The monoisotopic (exact) mass is 346 g/mol. The maximum Gasteiger partial charge on any atom is 0.0614 e. The molecule has 3 aromatic rings. The molecule has 0 spiro atoms. The molecule has 2 heterocycles. The minimum atomic E-state index is 0.427. The largest absolute Gasteiger partial charge is 0.296 e. The van der Waals surface area contributed by atoms with Crippen molar-refractivity contribution in [3.63, 3.8) is 0 Å². The fourth-order valence-corrected chi connectivity index (χ4v) is 5.07. The molecule has 1 fully saturated rings. The smallest absolute Gasteiger partial charge is 0.0614 e. The van der Waals surface area contributed by atoms with Gasteiger partial charge in [-0.1, -0.05) is 54.6 Å². The molecule has 0 unspecified atom stereocenters. The molecule has 25 heavy (non-hydrogen) atoms. The van der Waals surface area contributed by atoms with Crippen molar-refractivity contribution < 1.29 is 0 Å². The normalized spacial score (nSPS) is 18.2. The van der Waals surface area contributed by atoms with E-state index in [4.69, 9.17) is 0 Å². The predicted octanol–water partition coefficient (Wildman–Crippen LogP) is 4.64. The SMILES string of the molecule is c1csc(CN2CCN(C3c4ccccc4-c4ccccc43)CC2)c1. The van der Waals surface area contributed by atoms with Crippen LogP contribution in [-0.4, -0.2) is 36.0 Å². The molecular weight excluding hydrogens is 324 g/mol. The van der Waals surface area contributed by atoms with Crippen LogP contribution in [-0.2, 0) is 6.54 Å². The van der Waals surface area contributed by atoms with E-state index in [9.17, 15) is 0 Å². The maximum atomic E-state index is 2.68.